The first-order chi connectivity index (χ1) is 11.1. The molecule has 0 saturated carbocycles. The molecule has 1 heterocycles. The maximum absolute atomic E-state index is 12.3. The number of nitrogens with zero attached hydrogens (tertiary/aromatic N) is 1. The lowest BCUT2D eigenvalue weighted by Gasteiger charge is -2.31. The van der Waals surface area contributed by atoms with Crippen LogP contribution in [-0.2, 0) is 13.0 Å². The van der Waals surface area contributed by atoms with Gasteiger partial charge in [0.15, 0.2) is 5.11 Å². The van der Waals surface area contributed by atoms with Crippen molar-refractivity contribution in [2.45, 2.75) is 23.6 Å². The fourth-order valence-electron chi connectivity index (χ4n) is 2.59. The molecule has 0 aromatic heterocycles. The topological polar surface area (TPSA) is 15.3 Å². The van der Waals surface area contributed by atoms with E-state index in [9.17, 15) is 8.78 Å². The molecule has 1 aliphatic rings. The summed E-state index contributed by atoms with van der Waals surface area (Å²) in [4.78, 5) is 2.67. The molecule has 0 aliphatic carbocycles. The molecule has 2 nitrogen and oxygen atoms in total. The van der Waals surface area contributed by atoms with Gasteiger partial charge in [0, 0.05) is 23.7 Å². The van der Waals surface area contributed by atoms with Gasteiger partial charge in [-0.2, -0.15) is 8.78 Å². The molecule has 3 rings (SSSR count). The molecule has 0 unspecified atom stereocenters. The van der Waals surface area contributed by atoms with Gasteiger partial charge < -0.3 is 10.2 Å². The van der Waals surface area contributed by atoms with Crippen LogP contribution in [0.2, 0.25) is 0 Å². The highest BCUT2D eigenvalue weighted by atomic mass is 32.2. The van der Waals surface area contributed by atoms with Crippen molar-refractivity contribution in [1.29, 1.82) is 0 Å². The number of hydrogen-bond acceptors (Lipinski definition) is 2. The number of thiocarbonyl (C=S) groups is 1. The third-order valence-corrected chi connectivity index (χ3v) is 4.83. The van der Waals surface area contributed by atoms with E-state index in [0.717, 1.165) is 25.2 Å². The van der Waals surface area contributed by atoms with Crippen LogP contribution in [0.3, 0.4) is 0 Å². The van der Waals surface area contributed by atoms with Gasteiger partial charge in [-0.25, -0.2) is 0 Å². The van der Waals surface area contributed by atoms with Crippen molar-refractivity contribution < 1.29 is 8.78 Å². The van der Waals surface area contributed by atoms with Crippen LogP contribution in [0.1, 0.15) is 11.1 Å². The molecule has 0 fully saturated rings. The maximum Gasteiger partial charge on any atom is 0.288 e. The number of anilines is 1. The fourth-order valence-corrected chi connectivity index (χ4v) is 3.36. The van der Waals surface area contributed by atoms with Crippen molar-refractivity contribution in [2.75, 3.05) is 11.9 Å². The average molecular weight is 350 g/mol. The van der Waals surface area contributed by atoms with Crippen molar-refractivity contribution in [3.63, 3.8) is 0 Å². The second-order valence-corrected chi connectivity index (χ2v) is 6.72. The van der Waals surface area contributed by atoms with Gasteiger partial charge in [-0.15, -0.1) is 0 Å². The zero-order chi connectivity index (χ0) is 16.2. The Balaban J connectivity index is 1.61. The van der Waals surface area contributed by atoms with E-state index in [-0.39, 0.29) is 0 Å². The van der Waals surface area contributed by atoms with Crippen LogP contribution in [0, 0.1) is 0 Å². The summed E-state index contributed by atoms with van der Waals surface area (Å²) >= 11 is 6.02. The summed E-state index contributed by atoms with van der Waals surface area (Å²) in [5, 5.41) is 3.84. The summed E-state index contributed by atoms with van der Waals surface area (Å²) in [5.41, 5.74) is 3.49. The molecule has 120 valence electrons. The first-order valence-electron chi connectivity index (χ1n) is 7.29. The third-order valence-electron chi connectivity index (χ3n) is 3.75. The number of hydrogen-bond donors (Lipinski definition) is 1. The van der Waals surface area contributed by atoms with E-state index >= 15 is 0 Å². The molecule has 6 heteroatoms. The smallest absolute Gasteiger partial charge is 0.288 e. The van der Waals surface area contributed by atoms with Gasteiger partial charge >= 0.3 is 0 Å². The Bertz CT molecular complexity index is 689. The number of rotatable bonds is 3. The number of benzene rings is 2. The summed E-state index contributed by atoms with van der Waals surface area (Å²) in [7, 11) is 0. The zero-order valence-electron chi connectivity index (χ0n) is 12.3. The van der Waals surface area contributed by atoms with Crippen molar-refractivity contribution in [3.05, 3.63) is 59.7 Å². The van der Waals surface area contributed by atoms with E-state index in [0.29, 0.717) is 21.8 Å². The monoisotopic (exact) mass is 350 g/mol. The highest BCUT2D eigenvalue weighted by Crippen LogP contribution is 2.26. The van der Waals surface area contributed by atoms with E-state index < -0.39 is 5.76 Å². The maximum atomic E-state index is 12.3. The van der Waals surface area contributed by atoms with Gasteiger partial charge in [0.2, 0.25) is 0 Å². The first-order valence-corrected chi connectivity index (χ1v) is 8.58. The van der Waals surface area contributed by atoms with Gasteiger partial charge in [0.25, 0.3) is 5.76 Å². The van der Waals surface area contributed by atoms with Gasteiger partial charge in [-0.05, 0) is 54.0 Å². The molecule has 1 N–H and O–H groups in total. The van der Waals surface area contributed by atoms with Crippen molar-refractivity contribution in [1.82, 2.24) is 4.90 Å². The largest absolute Gasteiger partial charge is 0.344 e. The van der Waals surface area contributed by atoms with Crippen LogP contribution >= 0.6 is 24.0 Å². The van der Waals surface area contributed by atoms with E-state index in [1.165, 1.54) is 11.1 Å². The summed E-state index contributed by atoms with van der Waals surface area (Å²) < 4.78 is 24.6. The summed E-state index contributed by atoms with van der Waals surface area (Å²) in [6.07, 6.45) is 0.974. The molecule has 2 aromatic rings. The molecule has 0 spiro atoms. The Hall–Kier alpha value is -1.66. The lowest BCUT2D eigenvalue weighted by molar-refractivity contribution is 0.252. The molecule has 0 bridgehead atoms. The summed E-state index contributed by atoms with van der Waals surface area (Å²) in [5.74, 6) is -2.40. The van der Waals surface area contributed by atoms with E-state index in [1.54, 1.807) is 24.3 Å². The number of alkyl halides is 2. The normalized spacial score (nSPS) is 13.8. The minimum Gasteiger partial charge on any atom is -0.344 e. The lowest BCUT2D eigenvalue weighted by Crippen LogP contribution is -2.38. The van der Waals surface area contributed by atoms with E-state index in [1.807, 2.05) is 6.07 Å². The molecule has 2 aromatic carbocycles. The highest BCUT2D eigenvalue weighted by Gasteiger charge is 2.17. The molecule has 1 aliphatic heterocycles. The van der Waals surface area contributed by atoms with E-state index in [2.05, 4.69) is 28.4 Å². The third kappa shape index (κ3) is 4.20. The second-order valence-electron chi connectivity index (χ2n) is 5.27. The summed E-state index contributed by atoms with van der Waals surface area (Å²) in [6, 6.07) is 15.3. The van der Waals surface area contributed by atoms with Crippen LogP contribution < -0.4 is 5.32 Å². The molecule has 0 saturated heterocycles. The molecular weight excluding hydrogens is 334 g/mol. The Kier molecular flexibility index (Phi) is 5.13. The molecule has 0 amide bonds. The quantitative estimate of drug-likeness (QED) is 0.634. The molecular formula is C17H16F2N2S2. The number of nitrogens with one attached hydrogen (secondary N) is 1. The van der Waals surface area contributed by atoms with Crippen LogP contribution in [0.25, 0.3) is 0 Å². The average Bonchev–Trinajstić information content (AvgIpc) is 2.55. The molecule has 0 radical (unpaired) electrons. The standard InChI is InChI=1S/C17H16F2N2S2/c18-16(19)23-15-7-5-14(6-8-15)20-17(22)21-10-9-12-3-1-2-4-13(12)11-21/h1-8,16H,9-11H2,(H,20,22). The minimum absolute atomic E-state index is 0.542. The van der Waals surface area contributed by atoms with Gasteiger partial charge in [0.05, 0.1) is 0 Å². The van der Waals surface area contributed by atoms with Crippen molar-refractivity contribution in [2.24, 2.45) is 0 Å². The van der Waals surface area contributed by atoms with Crippen molar-refractivity contribution in [3.8, 4) is 0 Å². The van der Waals surface area contributed by atoms with E-state index in [4.69, 9.17) is 12.2 Å². The molecule has 0 atom stereocenters. The second kappa shape index (κ2) is 7.27. The molecule has 23 heavy (non-hydrogen) atoms. The first kappa shape index (κ1) is 16.2. The van der Waals surface area contributed by atoms with Gasteiger partial charge in [-0.1, -0.05) is 36.0 Å². The highest BCUT2D eigenvalue weighted by molar-refractivity contribution is 7.99. The van der Waals surface area contributed by atoms with Crippen LogP contribution in [0.15, 0.2) is 53.4 Å². The predicted molar refractivity (Wildman–Crippen MR) is 95.1 cm³/mol. The van der Waals surface area contributed by atoms with Crippen LogP contribution in [-0.4, -0.2) is 22.3 Å². The van der Waals surface area contributed by atoms with Crippen LogP contribution in [0.5, 0.6) is 0 Å². The SMILES string of the molecule is FC(F)Sc1ccc(NC(=S)N2CCc3ccccc3C2)cc1. The Morgan fingerprint density at radius 3 is 2.48 bits per heavy atom. The summed E-state index contributed by atoms with van der Waals surface area (Å²) in [6.45, 7) is 1.67. The zero-order valence-corrected chi connectivity index (χ0v) is 14.0. The predicted octanol–water partition coefficient (Wildman–Crippen LogP) is 4.76. The minimum atomic E-state index is -2.40. The van der Waals surface area contributed by atoms with Gasteiger partial charge in [-0.3, -0.25) is 0 Å². The number of fused-ring (bicyclic) bond motifs is 1. The number of thioether (sulfide) groups is 1. The number of halogens is 2. The van der Waals surface area contributed by atoms with Gasteiger partial charge in [0.1, 0.15) is 0 Å². The Morgan fingerprint density at radius 2 is 1.78 bits per heavy atom. The van der Waals surface area contributed by atoms with Crippen molar-refractivity contribution >= 4 is 34.8 Å². The Labute approximate surface area is 143 Å². The lowest BCUT2D eigenvalue weighted by atomic mass is 10.0. The van der Waals surface area contributed by atoms with Crippen LogP contribution in [0.4, 0.5) is 14.5 Å². The Morgan fingerprint density at radius 1 is 1.09 bits per heavy atom. The fraction of sp³-hybridized carbons (Fsp3) is 0.235.